The van der Waals surface area contributed by atoms with E-state index in [4.69, 9.17) is 16.3 Å². The highest BCUT2D eigenvalue weighted by molar-refractivity contribution is 6.31. The third kappa shape index (κ3) is 6.99. The van der Waals surface area contributed by atoms with Crippen LogP contribution in [0.25, 0.3) is 22.4 Å². The summed E-state index contributed by atoms with van der Waals surface area (Å²) < 4.78 is 9.05. The zero-order valence-corrected chi connectivity index (χ0v) is 25.8. The number of hydrogen-bond acceptors (Lipinski definition) is 6. The number of rotatable bonds is 9. The van der Waals surface area contributed by atoms with Gasteiger partial charge in [-0.2, -0.15) is 5.10 Å². The summed E-state index contributed by atoms with van der Waals surface area (Å²) in [5, 5.41) is 14.0. The maximum absolute atomic E-state index is 13.7. The Kier molecular flexibility index (Phi) is 9.06. The summed E-state index contributed by atoms with van der Waals surface area (Å²) in [5.74, 6) is -0.783. The third-order valence-corrected chi connectivity index (χ3v) is 8.32. The molecule has 10 nitrogen and oxygen atoms in total. The number of ether oxygens (including phenoxy) is 1. The predicted octanol–water partition coefficient (Wildman–Crippen LogP) is 4.78. The van der Waals surface area contributed by atoms with Gasteiger partial charge in [-0.15, -0.1) is 0 Å². The molecule has 11 heteroatoms. The number of benzene rings is 3. The lowest BCUT2D eigenvalue weighted by molar-refractivity contribution is -0.118. The largest absolute Gasteiger partial charge is 0.378 e. The first kappa shape index (κ1) is 30.3. The molecule has 6 rings (SSSR count). The Labute approximate surface area is 266 Å². The smallest absolute Gasteiger partial charge is 0.270 e. The first-order chi connectivity index (χ1) is 21.9. The van der Waals surface area contributed by atoms with Crippen LogP contribution in [0.1, 0.15) is 27.7 Å². The molecule has 1 unspecified atom stereocenters. The Morgan fingerprint density at radius 2 is 1.84 bits per heavy atom. The molecule has 1 aliphatic rings. The van der Waals surface area contributed by atoms with Gasteiger partial charge in [-0.1, -0.05) is 48.0 Å². The Balaban J connectivity index is 1.25. The number of carbonyl (C=O) groups is 2. The number of anilines is 1. The molecule has 2 aromatic heterocycles. The Hall–Kier alpha value is -4.77. The van der Waals surface area contributed by atoms with E-state index in [1.165, 1.54) is 10.9 Å². The molecule has 2 atom stereocenters. The van der Waals surface area contributed by atoms with Crippen molar-refractivity contribution in [3.05, 3.63) is 113 Å². The molecule has 3 aromatic carbocycles. The Morgan fingerprint density at radius 3 is 2.56 bits per heavy atom. The minimum Gasteiger partial charge on any atom is -0.378 e. The average Bonchev–Trinajstić information content (AvgIpc) is 3.70. The summed E-state index contributed by atoms with van der Waals surface area (Å²) in [5.41, 5.74) is 6.70. The molecule has 5 aromatic rings. The minimum absolute atomic E-state index is 0.124. The van der Waals surface area contributed by atoms with E-state index in [1.807, 2.05) is 66.2 Å². The zero-order chi connectivity index (χ0) is 31.3. The van der Waals surface area contributed by atoms with Crippen molar-refractivity contribution in [3.8, 4) is 22.4 Å². The van der Waals surface area contributed by atoms with Gasteiger partial charge in [0.15, 0.2) is 0 Å². The summed E-state index contributed by atoms with van der Waals surface area (Å²) in [6.45, 7) is 2.14. The van der Waals surface area contributed by atoms with Crippen molar-refractivity contribution in [3.63, 3.8) is 0 Å². The second kappa shape index (κ2) is 13.5. The van der Waals surface area contributed by atoms with E-state index < -0.39 is 11.9 Å². The summed E-state index contributed by atoms with van der Waals surface area (Å²) in [6.07, 6.45) is 5.23. The molecule has 0 aliphatic carbocycles. The van der Waals surface area contributed by atoms with Gasteiger partial charge in [0.1, 0.15) is 11.7 Å². The van der Waals surface area contributed by atoms with Crippen molar-refractivity contribution in [1.29, 1.82) is 0 Å². The molecular formula is C34H34ClN7O3. The van der Waals surface area contributed by atoms with Crippen molar-refractivity contribution in [2.24, 2.45) is 14.1 Å². The van der Waals surface area contributed by atoms with Crippen LogP contribution in [0.4, 0.5) is 5.69 Å². The van der Waals surface area contributed by atoms with Crippen LogP contribution in [-0.2, 0) is 30.0 Å². The molecular weight excluding hydrogens is 590 g/mol. The van der Waals surface area contributed by atoms with Crippen LogP contribution in [0.15, 0.2) is 91.5 Å². The van der Waals surface area contributed by atoms with Gasteiger partial charge in [0.05, 0.1) is 37.5 Å². The number of nitrogens with one attached hydrogen (secondary N) is 3. The van der Waals surface area contributed by atoms with Gasteiger partial charge in [-0.3, -0.25) is 14.3 Å². The third-order valence-electron chi connectivity index (χ3n) is 7.95. The van der Waals surface area contributed by atoms with Gasteiger partial charge >= 0.3 is 0 Å². The van der Waals surface area contributed by atoms with Crippen LogP contribution in [-0.4, -0.2) is 56.9 Å². The van der Waals surface area contributed by atoms with Crippen LogP contribution in [0, 0.1) is 0 Å². The molecule has 3 N–H and O–H groups in total. The van der Waals surface area contributed by atoms with Crippen LogP contribution >= 0.6 is 11.6 Å². The molecule has 0 bridgehead atoms. The van der Waals surface area contributed by atoms with Gasteiger partial charge in [0, 0.05) is 44.0 Å². The van der Waals surface area contributed by atoms with Crippen molar-refractivity contribution in [2.45, 2.75) is 18.5 Å². The maximum Gasteiger partial charge on any atom is 0.270 e. The number of hydrogen-bond donors (Lipinski definition) is 3. The van der Waals surface area contributed by atoms with E-state index in [0.717, 1.165) is 40.1 Å². The lowest BCUT2D eigenvalue weighted by Gasteiger charge is -2.24. The van der Waals surface area contributed by atoms with Crippen molar-refractivity contribution >= 4 is 29.1 Å². The minimum atomic E-state index is -0.924. The first-order valence-corrected chi connectivity index (χ1v) is 15.1. The summed E-state index contributed by atoms with van der Waals surface area (Å²) >= 11 is 6.69. The van der Waals surface area contributed by atoms with Crippen LogP contribution < -0.4 is 16.0 Å². The fourth-order valence-corrected chi connectivity index (χ4v) is 5.67. The highest BCUT2D eigenvalue weighted by Gasteiger charge is 2.25. The molecule has 230 valence electrons. The molecule has 2 amide bonds. The fourth-order valence-electron chi connectivity index (χ4n) is 5.47. The van der Waals surface area contributed by atoms with Gasteiger partial charge < -0.3 is 25.3 Å². The number of imidazole rings is 1. The molecule has 0 spiro atoms. The van der Waals surface area contributed by atoms with Gasteiger partial charge in [-0.05, 0) is 64.2 Å². The van der Waals surface area contributed by atoms with E-state index in [1.54, 1.807) is 25.6 Å². The SMILES string of the molecule is Cn1cncc1-c1ccc(NC(=O)C(Cc2cc(-c3cccc([C@H]4COCCN4)c3)ccc2Cl)NC(=O)c2ccnn2C)cc1. The predicted molar refractivity (Wildman–Crippen MR) is 174 cm³/mol. The normalized spacial score (nSPS) is 15.4. The van der Waals surface area contributed by atoms with Crippen molar-refractivity contribution < 1.29 is 14.3 Å². The topological polar surface area (TPSA) is 115 Å². The maximum atomic E-state index is 13.7. The van der Waals surface area contributed by atoms with E-state index in [2.05, 4.69) is 38.2 Å². The Bertz CT molecular complexity index is 1810. The van der Waals surface area contributed by atoms with Crippen molar-refractivity contribution in [2.75, 3.05) is 25.1 Å². The highest BCUT2D eigenvalue weighted by atomic mass is 35.5. The second-order valence-corrected chi connectivity index (χ2v) is 11.4. The fraction of sp³-hybridized carbons (Fsp3) is 0.235. The zero-order valence-electron chi connectivity index (χ0n) is 25.0. The first-order valence-electron chi connectivity index (χ1n) is 14.7. The highest BCUT2D eigenvalue weighted by Crippen LogP contribution is 2.29. The summed E-state index contributed by atoms with van der Waals surface area (Å²) in [4.78, 5) is 31.2. The number of carbonyl (C=O) groups excluding carboxylic acids is 2. The lowest BCUT2D eigenvalue weighted by Crippen LogP contribution is -2.45. The van der Waals surface area contributed by atoms with Crippen LogP contribution in [0.2, 0.25) is 5.02 Å². The van der Waals surface area contributed by atoms with Gasteiger partial charge in [0.2, 0.25) is 5.91 Å². The van der Waals surface area contributed by atoms with Gasteiger partial charge in [-0.25, -0.2) is 4.98 Å². The molecule has 1 fully saturated rings. The van der Waals surface area contributed by atoms with E-state index >= 15 is 0 Å². The number of aromatic nitrogens is 4. The number of amides is 2. The van der Waals surface area contributed by atoms with E-state index in [9.17, 15) is 9.59 Å². The Morgan fingerprint density at radius 1 is 1.04 bits per heavy atom. The molecule has 1 aliphatic heterocycles. The summed E-state index contributed by atoms with van der Waals surface area (Å²) in [7, 11) is 3.60. The summed E-state index contributed by atoms with van der Waals surface area (Å²) in [6, 6.07) is 22.4. The standard InChI is InChI=1S/C34H34ClN7O3/c1-41-21-36-19-32(41)22-6-9-27(10-7-22)39-33(43)29(40-34(44)31-12-13-38-42(31)2)18-26-17-24(8-11-28(26)35)23-4-3-5-25(16-23)30-20-45-15-14-37-30/h3-13,16-17,19,21,29-30,37H,14-15,18,20H2,1-2H3,(H,39,43)(H,40,44)/t29?,30-/m1/s1. The van der Waals surface area contributed by atoms with Crippen LogP contribution in [0.3, 0.4) is 0 Å². The van der Waals surface area contributed by atoms with Crippen molar-refractivity contribution in [1.82, 2.24) is 30.0 Å². The number of aryl methyl sites for hydroxylation is 2. The molecule has 45 heavy (non-hydrogen) atoms. The van der Waals surface area contributed by atoms with Crippen LogP contribution in [0.5, 0.6) is 0 Å². The molecule has 0 radical (unpaired) electrons. The lowest BCUT2D eigenvalue weighted by atomic mass is 9.96. The number of nitrogens with zero attached hydrogens (tertiary/aromatic N) is 4. The van der Waals surface area contributed by atoms with E-state index in [-0.39, 0.29) is 18.4 Å². The number of halogens is 1. The molecule has 3 heterocycles. The number of morpholine rings is 1. The molecule has 0 saturated carbocycles. The van der Waals surface area contributed by atoms with E-state index in [0.29, 0.717) is 29.6 Å². The second-order valence-electron chi connectivity index (χ2n) is 11.0. The van der Waals surface area contributed by atoms with Gasteiger partial charge in [0.25, 0.3) is 5.91 Å². The average molecular weight is 624 g/mol. The monoisotopic (exact) mass is 623 g/mol. The molecule has 1 saturated heterocycles. The quantitative estimate of drug-likeness (QED) is 0.218.